The lowest BCUT2D eigenvalue weighted by atomic mass is 10.1. The maximum Gasteiger partial charge on any atom is 0.328 e. The van der Waals surface area contributed by atoms with Crippen molar-refractivity contribution in [3.05, 3.63) is 0 Å². The third-order valence-electron chi connectivity index (χ3n) is 4.27. The van der Waals surface area contributed by atoms with Gasteiger partial charge < -0.3 is 10.1 Å². The van der Waals surface area contributed by atoms with Crippen LogP contribution < -0.4 is 5.32 Å². The zero-order valence-electron chi connectivity index (χ0n) is 14.2. The van der Waals surface area contributed by atoms with E-state index >= 15 is 0 Å². The summed E-state index contributed by atoms with van der Waals surface area (Å²) in [7, 11) is 0. The van der Waals surface area contributed by atoms with Gasteiger partial charge in [0.15, 0.2) is 0 Å². The number of rotatable bonds is 13. The second-order valence-corrected chi connectivity index (χ2v) is 6.36. The molecule has 4 nitrogen and oxygen atoms in total. The molecule has 22 heavy (non-hydrogen) atoms. The standard InChI is InChI=1S/C18H33NO3/c1-2-3-4-5-6-7-8-9-10-11-12-15-22-18(21)16-13-14-17(20)19-16/h16H,2-15H2,1H3,(H,19,20)/t16-/m1/s1. The molecule has 0 spiro atoms. The number of esters is 1. The zero-order valence-corrected chi connectivity index (χ0v) is 14.2. The fourth-order valence-corrected chi connectivity index (χ4v) is 2.83. The van der Waals surface area contributed by atoms with Crippen LogP contribution in [0.3, 0.4) is 0 Å². The van der Waals surface area contributed by atoms with Crippen LogP contribution in [0.4, 0.5) is 0 Å². The second kappa shape index (κ2) is 12.5. The van der Waals surface area contributed by atoms with Crippen LogP contribution in [0.2, 0.25) is 0 Å². The number of carbonyl (C=O) groups excluding carboxylic acids is 2. The summed E-state index contributed by atoms with van der Waals surface area (Å²) < 4.78 is 5.20. The molecule has 4 heteroatoms. The SMILES string of the molecule is CCCCCCCCCCCCCOC(=O)[C@H]1CCC(=O)N1. The van der Waals surface area contributed by atoms with Gasteiger partial charge in [0.25, 0.3) is 0 Å². The van der Waals surface area contributed by atoms with Gasteiger partial charge in [-0.05, 0) is 12.8 Å². The normalized spacial score (nSPS) is 17.5. The van der Waals surface area contributed by atoms with Crippen molar-refractivity contribution in [2.75, 3.05) is 6.61 Å². The van der Waals surface area contributed by atoms with Gasteiger partial charge in [-0.3, -0.25) is 4.79 Å². The number of amides is 1. The molecular formula is C18H33NO3. The van der Waals surface area contributed by atoms with E-state index in [-0.39, 0.29) is 11.9 Å². The first-order valence-electron chi connectivity index (χ1n) is 9.20. The molecule has 1 aliphatic rings. The van der Waals surface area contributed by atoms with Crippen molar-refractivity contribution in [2.24, 2.45) is 0 Å². The molecule has 0 radical (unpaired) electrons. The highest BCUT2D eigenvalue weighted by Gasteiger charge is 2.28. The third-order valence-corrected chi connectivity index (χ3v) is 4.27. The third kappa shape index (κ3) is 9.06. The van der Waals surface area contributed by atoms with Crippen molar-refractivity contribution >= 4 is 11.9 Å². The van der Waals surface area contributed by atoms with Gasteiger partial charge in [-0.2, -0.15) is 0 Å². The molecule has 1 amide bonds. The van der Waals surface area contributed by atoms with Crippen LogP contribution in [0.5, 0.6) is 0 Å². The first-order chi connectivity index (χ1) is 10.7. The van der Waals surface area contributed by atoms with E-state index in [1.165, 1.54) is 57.8 Å². The van der Waals surface area contributed by atoms with E-state index in [0.29, 0.717) is 19.4 Å². The molecule has 1 N–H and O–H groups in total. The molecule has 0 aromatic heterocycles. The number of carbonyl (C=O) groups is 2. The fourth-order valence-electron chi connectivity index (χ4n) is 2.83. The van der Waals surface area contributed by atoms with Crippen LogP contribution in [0, 0.1) is 0 Å². The molecule has 0 aliphatic carbocycles. The number of nitrogens with one attached hydrogen (secondary N) is 1. The Hall–Kier alpha value is -1.06. The van der Waals surface area contributed by atoms with Crippen LogP contribution >= 0.6 is 0 Å². The smallest absolute Gasteiger partial charge is 0.328 e. The second-order valence-electron chi connectivity index (χ2n) is 6.36. The minimum absolute atomic E-state index is 0.0448. The van der Waals surface area contributed by atoms with E-state index in [1.54, 1.807) is 0 Å². The molecule has 1 fully saturated rings. The summed E-state index contributed by atoms with van der Waals surface area (Å²) in [5.74, 6) is -0.311. The van der Waals surface area contributed by atoms with Crippen LogP contribution in [0.25, 0.3) is 0 Å². The Morgan fingerprint density at radius 3 is 2.05 bits per heavy atom. The molecule has 1 aliphatic heterocycles. The van der Waals surface area contributed by atoms with Gasteiger partial charge >= 0.3 is 5.97 Å². The molecule has 1 rings (SSSR count). The minimum atomic E-state index is -0.403. The average Bonchev–Trinajstić information content (AvgIpc) is 2.95. The van der Waals surface area contributed by atoms with E-state index in [9.17, 15) is 9.59 Å². The Labute approximate surface area is 135 Å². The summed E-state index contributed by atoms with van der Waals surface area (Å²) in [6.07, 6.45) is 15.2. The van der Waals surface area contributed by atoms with Crippen LogP contribution in [-0.4, -0.2) is 24.5 Å². The topological polar surface area (TPSA) is 55.4 Å². The first-order valence-corrected chi connectivity index (χ1v) is 9.20. The van der Waals surface area contributed by atoms with Gasteiger partial charge in [0.05, 0.1) is 6.61 Å². The highest BCUT2D eigenvalue weighted by atomic mass is 16.5. The molecular weight excluding hydrogens is 278 g/mol. The number of unbranched alkanes of at least 4 members (excludes halogenated alkanes) is 10. The van der Waals surface area contributed by atoms with E-state index in [0.717, 1.165) is 12.8 Å². The van der Waals surface area contributed by atoms with E-state index in [2.05, 4.69) is 12.2 Å². The predicted molar refractivity (Wildman–Crippen MR) is 88.6 cm³/mol. The lowest BCUT2D eigenvalue weighted by Gasteiger charge is -2.09. The summed E-state index contributed by atoms with van der Waals surface area (Å²) >= 11 is 0. The monoisotopic (exact) mass is 311 g/mol. The van der Waals surface area contributed by atoms with Crippen LogP contribution in [-0.2, 0) is 14.3 Å². The van der Waals surface area contributed by atoms with Crippen molar-refractivity contribution < 1.29 is 14.3 Å². The highest BCUT2D eigenvalue weighted by molar-refractivity contribution is 5.87. The largest absolute Gasteiger partial charge is 0.464 e. The van der Waals surface area contributed by atoms with Crippen molar-refractivity contribution in [3.63, 3.8) is 0 Å². The Balaban J connectivity index is 1.80. The van der Waals surface area contributed by atoms with Crippen molar-refractivity contribution in [2.45, 2.75) is 96.4 Å². The predicted octanol–water partition coefficient (Wildman–Crippen LogP) is 4.12. The number of ether oxygens (including phenoxy) is 1. The van der Waals surface area contributed by atoms with Crippen molar-refractivity contribution in [3.8, 4) is 0 Å². The number of hydrogen-bond donors (Lipinski definition) is 1. The maximum absolute atomic E-state index is 11.6. The molecule has 0 aromatic rings. The molecule has 1 heterocycles. The molecule has 0 bridgehead atoms. The van der Waals surface area contributed by atoms with E-state index in [1.807, 2.05) is 0 Å². The summed E-state index contributed by atoms with van der Waals surface area (Å²) in [4.78, 5) is 22.7. The van der Waals surface area contributed by atoms with Gasteiger partial charge in [0.1, 0.15) is 6.04 Å². The van der Waals surface area contributed by atoms with E-state index in [4.69, 9.17) is 4.74 Å². The Bertz CT molecular complexity index is 317. The summed E-state index contributed by atoms with van der Waals surface area (Å²) in [5.41, 5.74) is 0. The molecule has 0 saturated carbocycles. The van der Waals surface area contributed by atoms with Gasteiger partial charge in [0.2, 0.25) is 5.91 Å². The lowest BCUT2D eigenvalue weighted by molar-refractivity contribution is -0.146. The minimum Gasteiger partial charge on any atom is -0.464 e. The first kappa shape index (κ1) is 19.0. The number of hydrogen-bond acceptors (Lipinski definition) is 3. The van der Waals surface area contributed by atoms with Crippen molar-refractivity contribution in [1.82, 2.24) is 5.32 Å². The molecule has 1 saturated heterocycles. The quantitative estimate of drug-likeness (QED) is 0.411. The van der Waals surface area contributed by atoms with Crippen LogP contribution in [0.1, 0.15) is 90.4 Å². The maximum atomic E-state index is 11.6. The van der Waals surface area contributed by atoms with E-state index < -0.39 is 6.04 Å². The van der Waals surface area contributed by atoms with Gasteiger partial charge in [-0.15, -0.1) is 0 Å². The zero-order chi connectivity index (χ0) is 16.0. The molecule has 0 unspecified atom stereocenters. The summed E-state index contributed by atoms with van der Waals surface area (Å²) in [6, 6.07) is -0.403. The van der Waals surface area contributed by atoms with Gasteiger partial charge in [0, 0.05) is 6.42 Å². The lowest BCUT2D eigenvalue weighted by Crippen LogP contribution is -2.34. The fraction of sp³-hybridized carbons (Fsp3) is 0.889. The summed E-state index contributed by atoms with van der Waals surface area (Å²) in [5, 5.41) is 2.63. The van der Waals surface area contributed by atoms with Gasteiger partial charge in [-0.1, -0.05) is 71.1 Å². The Morgan fingerprint density at radius 1 is 1.00 bits per heavy atom. The molecule has 128 valence electrons. The average molecular weight is 311 g/mol. The highest BCUT2D eigenvalue weighted by Crippen LogP contribution is 2.12. The molecule has 1 atom stereocenters. The van der Waals surface area contributed by atoms with Crippen molar-refractivity contribution in [1.29, 1.82) is 0 Å². The Morgan fingerprint density at radius 2 is 1.55 bits per heavy atom. The van der Waals surface area contributed by atoms with Gasteiger partial charge in [-0.25, -0.2) is 4.79 Å². The molecule has 0 aromatic carbocycles. The van der Waals surface area contributed by atoms with Crippen LogP contribution in [0.15, 0.2) is 0 Å². The summed E-state index contributed by atoms with van der Waals surface area (Å²) in [6.45, 7) is 2.74. The Kier molecular flexibility index (Phi) is 10.8.